The summed E-state index contributed by atoms with van der Waals surface area (Å²) in [4.78, 5) is 0. The van der Waals surface area contributed by atoms with Gasteiger partial charge in [0.2, 0.25) is 0 Å². The van der Waals surface area contributed by atoms with Gasteiger partial charge in [0.25, 0.3) is 5.97 Å². The third-order valence-corrected chi connectivity index (χ3v) is 0.757. The van der Waals surface area contributed by atoms with E-state index in [9.17, 15) is 0 Å². The smallest absolute Gasteiger partial charge is 0.276 e. The summed E-state index contributed by atoms with van der Waals surface area (Å²) in [6, 6.07) is 0. The van der Waals surface area contributed by atoms with E-state index >= 15 is 0 Å². The van der Waals surface area contributed by atoms with Crippen LogP contribution in [0.4, 0.5) is 0 Å². The average Bonchev–Trinajstić information content (AvgIpc) is 1.87. The zero-order valence-electron chi connectivity index (χ0n) is 8.29. The van der Waals surface area contributed by atoms with Crippen molar-refractivity contribution in [3.63, 3.8) is 0 Å². The largest absolute Gasteiger partial charge is 0.394 e. The fourth-order valence-corrected chi connectivity index (χ4v) is 0.0833. The molecule has 0 spiro atoms. The number of rotatable bonds is 2. The summed E-state index contributed by atoms with van der Waals surface area (Å²) in [6.07, 6.45) is -0.167. The number of aliphatic hydroxyl groups excluding tert-OH is 1. The van der Waals surface area contributed by atoms with E-state index < -0.39 is 5.97 Å². The molecule has 0 atom stereocenters. The van der Waals surface area contributed by atoms with Gasteiger partial charge in [-0.2, -0.15) is 0 Å². The molecule has 0 aromatic rings. The molecule has 0 heterocycles. The summed E-state index contributed by atoms with van der Waals surface area (Å²) in [5.74, 6) is -1.42. The Kier molecular flexibility index (Phi) is 14.8. The van der Waals surface area contributed by atoms with Crippen molar-refractivity contribution in [1.82, 2.24) is 0 Å². The van der Waals surface area contributed by atoms with Crippen molar-refractivity contribution >= 4 is 0 Å². The van der Waals surface area contributed by atoms with Gasteiger partial charge in [-0.15, -0.1) is 0 Å². The van der Waals surface area contributed by atoms with Crippen LogP contribution < -0.4 is 0 Å². The molecule has 0 saturated carbocycles. The first kappa shape index (κ1) is 18.4. The number of hydrogen-bond donors (Lipinski definition) is 2. The summed E-state index contributed by atoms with van der Waals surface area (Å²) in [6.45, 7) is 4.85. The Hall–Kier alpha value is 0.554. The van der Waals surface area contributed by atoms with Crippen LogP contribution in [0.3, 0.4) is 0 Å². The second-order valence-corrected chi connectivity index (χ2v) is 2.40. The van der Waals surface area contributed by atoms with E-state index in [1.54, 1.807) is 13.8 Å². The molecule has 0 aliphatic heterocycles. The van der Waals surface area contributed by atoms with Gasteiger partial charge in [0, 0.05) is 49.0 Å². The summed E-state index contributed by atoms with van der Waals surface area (Å²) in [7, 11) is 2.73. The number of hydrogen-bond acceptors (Lipinski definition) is 4. The van der Waals surface area contributed by atoms with Crippen LogP contribution in [-0.2, 0) is 31.2 Å². The molecule has 5 heteroatoms. The maximum atomic E-state index is 8.69. The minimum Gasteiger partial charge on any atom is -0.394 e. The van der Waals surface area contributed by atoms with E-state index in [0.29, 0.717) is 0 Å². The molecule has 0 unspecified atom stereocenters. The first-order valence-electron chi connectivity index (χ1n) is 3.36. The maximum absolute atomic E-state index is 8.69. The molecule has 74 valence electrons. The monoisotopic (exact) mass is 214 g/mol. The maximum Gasteiger partial charge on any atom is 0.276 e. The van der Waals surface area contributed by atoms with Gasteiger partial charge in [-0.05, 0) is 13.8 Å². The zero-order chi connectivity index (χ0) is 9.49. The Balaban J connectivity index is -0.000000142. The Morgan fingerprint density at radius 3 is 1.33 bits per heavy atom. The van der Waals surface area contributed by atoms with Crippen LogP contribution in [0.15, 0.2) is 0 Å². The average molecular weight is 214 g/mol. The molecule has 2 N–H and O–H groups in total. The van der Waals surface area contributed by atoms with E-state index in [0.717, 1.165) is 0 Å². The Labute approximate surface area is 88.8 Å². The standard InChI is InChI=1S/C4H10O3.C3H8O.Ti/c1-4(5,6-2)7-3;1-3(2)4;/h5H,1-3H3;3-4H,1-2H3;. The molecular weight excluding hydrogens is 196 g/mol. The molecule has 0 amide bonds. The Morgan fingerprint density at radius 1 is 1.17 bits per heavy atom. The van der Waals surface area contributed by atoms with E-state index in [-0.39, 0.29) is 27.8 Å². The fraction of sp³-hybridized carbons (Fsp3) is 1.00. The van der Waals surface area contributed by atoms with E-state index in [4.69, 9.17) is 10.2 Å². The van der Waals surface area contributed by atoms with Gasteiger partial charge in [0.1, 0.15) is 0 Å². The van der Waals surface area contributed by atoms with Crippen molar-refractivity contribution < 1.29 is 41.4 Å². The van der Waals surface area contributed by atoms with Gasteiger partial charge >= 0.3 is 0 Å². The molecule has 12 heavy (non-hydrogen) atoms. The molecule has 0 aromatic heterocycles. The normalized spacial score (nSPS) is 10.0. The number of ether oxygens (including phenoxy) is 2. The van der Waals surface area contributed by atoms with Gasteiger partial charge in [0.15, 0.2) is 0 Å². The second-order valence-electron chi connectivity index (χ2n) is 2.40. The fourth-order valence-electron chi connectivity index (χ4n) is 0.0833. The van der Waals surface area contributed by atoms with E-state index in [2.05, 4.69) is 9.47 Å². The van der Waals surface area contributed by atoms with Crippen molar-refractivity contribution in [2.75, 3.05) is 14.2 Å². The van der Waals surface area contributed by atoms with Crippen LogP contribution in [0.5, 0.6) is 0 Å². The molecule has 0 aliphatic rings. The van der Waals surface area contributed by atoms with E-state index in [1.807, 2.05) is 0 Å². The molecule has 0 rings (SSSR count). The van der Waals surface area contributed by atoms with Gasteiger partial charge in [0.05, 0.1) is 0 Å². The second kappa shape index (κ2) is 9.64. The minimum atomic E-state index is -1.42. The molecule has 4 nitrogen and oxygen atoms in total. The Bertz CT molecular complexity index is 76.7. The summed E-state index contributed by atoms with van der Waals surface area (Å²) in [5, 5.41) is 16.7. The summed E-state index contributed by atoms with van der Waals surface area (Å²) in [5.41, 5.74) is 0. The van der Waals surface area contributed by atoms with Gasteiger partial charge in [-0.25, -0.2) is 0 Å². The third kappa shape index (κ3) is 22.4. The topological polar surface area (TPSA) is 58.9 Å². The predicted molar refractivity (Wildman–Crippen MR) is 42.0 cm³/mol. The minimum absolute atomic E-state index is 0. The Morgan fingerprint density at radius 2 is 1.33 bits per heavy atom. The van der Waals surface area contributed by atoms with Gasteiger partial charge in [-0.3, -0.25) is 0 Å². The molecule has 0 aromatic carbocycles. The van der Waals surface area contributed by atoms with Gasteiger partial charge < -0.3 is 19.7 Å². The molecule has 0 radical (unpaired) electrons. The van der Waals surface area contributed by atoms with Crippen molar-refractivity contribution in [2.45, 2.75) is 32.8 Å². The predicted octanol–water partition coefficient (Wildman–Crippen LogP) is 0.330. The SMILES string of the molecule is CC(C)O.COC(C)(O)OC.[Ti]. The quantitative estimate of drug-likeness (QED) is 0.513. The summed E-state index contributed by atoms with van der Waals surface area (Å²) >= 11 is 0. The van der Waals surface area contributed by atoms with Crippen LogP contribution >= 0.6 is 0 Å². The van der Waals surface area contributed by atoms with Crippen molar-refractivity contribution in [1.29, 1.82) is 0 Å². The summed E-state index contributed by atoms with van der Waals surface area (Å²) < 4.78 is 8.84. The number of methoxy groups -OCH3 is 2. The molecule has 0 aliphatic carbocycles. The molecule has 0 fully saturated rings. The molecule has 0 bridgehead atoms. The molecule has 0 saturated heterocycles. The first-order valence-corrected chi connectivity index (χ1v) is 3.36. The van der Waals surface area contributed by atoms with Crippen LogP contribution in [0.25, 0.3) is 0 Å². The third-order valence-electron chi connectivity index (χ3n) is 0.757. The van der Waals surface area contributed by atoms with Crippen LogP contribution in [0.2, 0.25) is 0 Å². The van der Waals surface area contributed by atoms with Crippen LogP contribution in [0, 0.1) is 0 Å². The number of aliphatic hydroxyl groups is 2. The van der Waals surface area contributed by atoms with Crippen LogP contribution in [0.1, 0.15) is 20.8 Å². The zero-order valence-corrected chi connectivity index (χ0v) is 9.85. The first-order chi connectivity index (χ1) is 4.85. The van der Waals surface area contributed by atoms with Gasteiger partial charge in [-0.1, -0.05) is 0 Å². The van der Waals surface area contributed by atoms with Crippen molar-refractivity contribution in [3.05, 3.63) is 0 Å². The van der Waals surface area contributed by atoms with Crippen molar-refractivity contribution in [2.24, 2.45) is 0 Å². The van der Waals surface area contributed by atoms with Crippen molar-refractivity contribution in [3.8, 4) is 0 Å². The van der Waals surface area contributed by atoms with E-state index in [1.165, 1.54) is 21.1 Å². The molecular formula is C7H18O4Ti. The van der Waals surface area contributed by atoms with Crippen LogP contribution in [-0.4, -0.2) is 36.5 Å².